The lowest BCUT2D eigenvalue weighted by Gasteiger charge is -2.23. The Hall–Kier alpha value is -0.0800. The van der Waals surface area contributed by atoms with Crippen LogP contribution >= 0.6 is 0 Å². The van der Waals surface area contributed by atoms with Crippen LogP contribution in [0.1, 0.15) is 27.7 Å². The Morgan fingerprint density at radius 2 is 1.50 bits per heavy atom. The van der Waals surface area contributed by atoms with Gasteiger partial charge in [-0.15, -0.1) is 0 Å². The van der Waals surface area contributed by atoms with Crippen LogP contribution in [0.15, 0.2) is 0 Å². The minimum Gasteiger partial charge on any atom is -0.261 e. The molecule has 0 aliphatic heterocycles. The first-order valence-electron chi connectivity index (χ1n) is 4.01. The average molecular weight is 144 g/mol. The lowest BCUT2D eigenvalue weighted by molar-refractivity contribution is 0.297. The van der Waals surface area contributed by atoms with Gasteiger partial charge in [-0.05, 0) is 25.8 Å². The van der Waals surface area contributed by atoms with Crippen LogP contribution in [0.25, 0.3) is 0 Å². The van der Waals surface area contributed by atoms with Gasteiger partial charge in [-0.25, -0.2) is 0 Å². The summed E-state index contributed by atoms with van der Waals surface area (Å²) < 4.78 is 0. The van der Waals surface area contributed by atoms with Crippen molar-refractivity contribution in [3.05, 3.63) is 0 Å². The van der Waals surface area contributed by atoms with E-state index in [0.717, 1.165) is 5.92 Å². The van der Waals surface area contributed by atoms with Crippen LogP contribution in [-0.4, -0.2) is 13.1 Å². The van der Waals surface area contributed by atoms with Gasteiger partial charge in [0.2, 0.25) is 0 Å². The standard InChI is InChI=1S/C8H20N2/c1-6(2)7(3)8(4)10-9-5/h6-10H,1-5H3/t7-,8?/m1/s1. The molecule has 0 spiro atoms. The molecule has 0 bridgehead atoms. The van der Waals surface area contributed by atoms with E-state index in [1.54, 1.807) is 0 Å². The number of rotatable bonds is 4. The monoisotopic (exact) mass is 144 g/mol. The van der Waals surface area contributed by atoms with E-state index < -0.39 is 0 Å². The molecule has 0 aliphatic rings. The van der Waals surface area contributed by atoms with Gasteiger partial charge >= 0.3 is 0 Å². The van der Waals surface area contributed by atoms with Crippen molar-refractivity contribution in [3.63, 3.8) is 0 Å². The van der Waals surface area contributed by atoms with E-state index in [2.05, 4.69) is 38.5 Å². The van der Waals surface area contributed by atoms with Crippen molar-refractivity contribution in [1.29, 1.82) is 0 Å². The van der Waals surface area contributed by atoms with Crippen molar-refractivity contribution in [2.75, 3.05) is 7.05 Å². The molecule has 62 valence electrons. The maximum absolute atomic E-state index is 3.18. The minimum atomic E-state index is 0.546. The van der Waals surface area contributed by atoms with Crippen LogP contribution in [0.5, 0.6) is 0 Å². The highest BCUT2D eigenvalue weighted by atomic mass is 15.3. The van der Waals surface area contributed by atoms with Gasteiger partial charge in [0.1, 0.15) is 0 Å². The van der Waals surface area contributed by atoms with E-state index >= 15 is 0 Å². The molecule has 0 aromatic heterocycles. The largest absolute Gasteiger partial charge is 0.261 e. The first-order valence-corrected chi connectivity index (χ1v) is 4.01. The average Bonchev–Trinajstić information content (AvgIpc) is 1.87. The third-order valence-corrected chi connectivity index (χ3v) is 2.21. The molecule has 0 aromatic rings. The van der Waals surface area contributed by atoms with Crippen molar-refractivity contribution in [1.82, 2.24) is 10.9 Å². The molecular weight excluding hydrogens is 124 g/mol. The Balaban J connectivity index is 3.58. The topological polar surface area (TPSA) is 24.1 Å². The molecule has 1 unspecified atom stereocenters. The van der Waals surface area contributed by atoms with Crippen molar-refractivity contribution in [3.8, 4) is 0 Å². The molecule has 0 rings (SSSR count). The molecule has 10 heavy (non-hydrogen) atoms. The summed E-state index contributed by atoms with van der Waals surface area (Å²) in [5, 5.41) is 0. The summed E-state index contributed by atoms with van der Waals surface area (Å²) in [5.41, 5.74) is 6.13. The zero-order valence-electron chi connectivity index (χ0n) is 7.73. The lowest BCUT2D eigenvalue weighted by atomic mass is 9.92. The summed E-state index contributed by atoms with van der Waals surface area (Å²) in [4.78, 5) is 0. The molecule has 0 radical (unpaired) electrons. The van der Waals surface area contributed by atoms with Gasteiger partial charge in [-0.3, -0.25) is 10.9 Å². The number of nitrogens with one attached hydrogen (secondary N) is 2. The predicted octanol–water partition coefficient (Wildman–Crippen LogP) is 1.39. The third-order valence-electron chi connectivity index (χ3n) is 2.21. The molecule has 0 aromatic carbocycles. The van der Waals surface area contributed by atoms with Crippen molar-refractivity contribution in [2.45, 2.75) is 33.7 Å². The van der Waals surface area contributed by atoms with Crippen molar-refractivity contribution >= 4 is 0 Å². The molecule has 2 nitrogen and oxygen atoms in total. The summed E-state index contributed by atoms with van der Waals surface area (Å²) in [6.45, 7) is 8.96. The molecule has 0 amide bonds. The summed E-state index contributed by atoms with van der Waals surface area (Å²) in [6, 6.07) is 0.546. The highest BCUT2D eigenvalue weighted by Gasteiger charge is 2.13. The van der Waals surface area contributed by atoms with Gasteiger partial charge in [0.25, 0.3) is 0 Å². The summed E-state index contributed by atoms with van der Waals surface area (Å²) in [7, 11) is 1.91. The number of hydrazine groups is 1. The second-order valence-electron chi connectivity index (χ2n) is 3.29. The fraction of sp³-hybridized carbons (Fsp3) is 1.00. The molecule has 2 atom stereocenters. The van der Waals surface area contributed by atoms with Gasteiger partial charge in [-0.2, -0.15) is 0 Å². The van der Waals surface area contributed by atoms with E-state index in [-0.39, 0.29) is 0 Å². The maximum Gasteiger partial charge on any atom is 0.0212 e. The number of hydrogen-bond donors (Lipinski definition) is 2. The Morgan fingerprint density at radius 3 is 1.80 bits per heavy atom. The maximum atomic E-state index is 3.18. The van der Waals surface area contributed by atoms with Crippen LogP contribution in [0, 0.1) is 11.8 Å². The zero-order valence-corrected chi connectivity index (χ0v) is 7.73. The summed E-state index contributed by atoms with van der Waals surface area (Å²) in [6.07, 6.45) is 0. The molecule has 2 heteroatoms. The van der Waals surface area contributed by atoms with E-state index in [0.29, 0.717) is 12.0 Å². The summed E-state index contributed by atoms with van der Waals surface area (Å²) in [5.74, 6) is 1.46. The Labute approximate surface area is 64.4 Å². The molecule has 2 N–H and O–H groups in total. The predicted molar refractivity (Wildman–Crippen MR) is 45.7 cm³/mol. The fourth-order valence-corrected chi connectivity index (χ4v) is 0.936. The Bertz CT molecular complexity index is 81.3. The van der Waals surface area contributed by atoms with E-state index in [1.807, 2.05) is 7.05 Å². The van der Waals surface area contributed by atoms with Crippen molar-refractivity contribution in [2.24, 2.45) is 11.8 Å². The van der Waals surface area contributed by atoms with Gasteiger partial charge in [0.15, 0.2) is 0 Å². The first kappa shape index (κ1) is 9.92. The zero-order chi connectivity index (χ0) is 8.15. The van der Waals surface area contributed by atoms with Gasteiger partial charge < -0.3 is 0 Å². The van der Waals surface area contributed by atoms with Gasteiger partial charge in [-0.1, -0.05) is 20.8 Å². The minimum absolute atomic E-state index is 0.546. The molecule has 0 saturated heterocycles. The second kappa shape index (κ2) is 4.69. The van der Waals surface area contributed by atoms with Gasteiger partial charge in [0.05, 0.1) is 0 Å². The van der Waals surface area contributed by atoms with Crippen LogP contribution in [0.2, 0.25) is 0 Å². The molecular formula is C8H20N2. The van der Waals surface area contributed by atoms with Crippen LogP contribution in [0.4, 0.5) is 0 Å². The third kappa shape index (κ3) is 3.18. The highest BCUT2D eigenvalue weighted by molar-refractivity contribution is 4.68. The van der Waals surface area contributed by atoms with Crippen LogP contribution in [-0.2, 0) is 0 Å². The molecule has 0 saturated carbocycles. The highest BCUT2D eigenvalue weighted by Crippen LogP contribution is 2.12. The molecule has 0 aliphatic carbocycles. The Morgan fingerprint density at radius 1 is 1.00 bits per heavy atom. The van der Waals surface area contributed by atoms with E-state index in [1.165, 1.54) is 0 Å². The lowest BCUT2D eigenvalue weighted by Crippen LogP contribution is -2.41. The molecule has 0 heterocycles. The quantitative estimate of drug-likeness (QED) is 0.583. The van der Waals surface area contributed by atoms with Gasteiger partial charge in [0, 0.05) is 6.04 Å². The van der Waals surface area contributed by atoms with Crippen LogP contribution < -0.4 is 10.9 Å². The SMILES string of the molecule is CNNC(C)[C@H](C)C(C)C. The molecule has 0 fully saturated rings. The van der Waals surface area contributed by atoms with Crippen LogP contribution in [0.3, 0.4) is 0 Å². The second-order valence-corrected chi connectivity index (χ2v) is 3.29. The van der Waals surface area contributed by atoms with Crippen molar-refractivity contribution < 1.29 is 0 Å². The van der Waals surface area contributed by atoms with E-state index in [9.17, 15) is 0 Å². The summed E-state index contributed by atoms with van der Waals surface area (Å²) >= 11 is 0. The normalized spacial score (nSPS) is 17.4. The Kier molecular flexibility index (Phi) is 4.65. The first-order chi connectivity index (χ1) is 4.59. The smallest absolute Gasteiger partial charge is 0.0212 e. The number of hydrogen-bond acceptors (Lipinski definition) is 2. The van der Waals surface area contributed by atoms with E-state index in [4.69, 9.17) is 0 Å². The fourth-order valence-electron chi connectivity index (χ4n) is 0.936.